The molecule has 2 heterocycles. The first kappa shape index (κ1) is 14.3. The van der Waals surface area contributed by atoms with Gasteiger partial charge in [-0.05, 0) is 18.4 Å². The number of thioether (sulfide) groups is 1. The molecule has 1 aliphatic heterocycles. The molecule has 1 aromatic rings. The van der Waals surface area contributed by atoms with Gasteiger partial charge in [0.2, 0.25) is 5.91 Å². The van der Waals surface area contributed by atoms with Gasteiger partial charge in [0.05, 0.1) is 5.25 Å². The molecule has 8 heteroatoms. The fourth-order valence-corrected chi connectivity index (χ4v) is 4.67. The number of hydrogen-bond acceptors (Lipinski definition) is 5. The van der Waals surface area contributed by atoms with E-state index in [0.29, 0.717) is 0 Å². The van der Waals surface area contributed by atoms with Crippen LogP contribution < -0.4 is 0 Å². The van der Waals surface area contributed by atoms with Gasteiger partial charge in [0.25, 0.3) is 10.0 Å². The lowest BCUT2D eigenvalue weighted by atomic mass is 10.4. The van der Waals surface area contributed by atoms with Crippen LogP contribution in [0, 0.1) is 0 Å². The number of rotatable bonds is 4. The maximum atomic E-state index is 12.1. The first-order valence-electron chi connectivity index (χ1n) is 5.43. The van der Waals surface area contributed by atoms with Gasteiger partial charge in [-0.2, -0.15) is 8.42 Å². The second-order valence-corrected chi connectivity index (χ2v) is 7.87. The molecule has 0 unspecified atom stereocenters. The summed E-state index contributed by atoms with van der Waals surface area (Å²) in [7, 11) is -3.74. The van der Waals surface area contributed by atoms with Crippen LogP contribution in [0.4, 0.5) is 0 Å². The Bertz CT molecular complexity index is 620. The van der Waals surface area contributed by atoms with Crippen molar-refractivity contribution in [3.63, 3.8) is 0 Å². The molecular formula is C11H12N2O3S3. The normalized spacial score (nSPS) is 22.2. The van der Waals surface area contributed by atoms with E-state index in [1.165, 1.54) is 11.0 Å². The molecule has 0 aromatic carbocycles. The van der Waals surface area contributed by atoms with Crippen LogP contribution in [0.2, 0.25) is 0 Å². The predicted octanol–water partition coefficient (Wildman–Crippen LogP) is 1.94. The van der Waals surface area contributed by atoms with Crippen molar-refractivity contribution in [2.75, 3.05) is 6.54 Å². The van der Waals surface area contributed by atoms with Crippen LogP contribution in [0.25, 0.3) is 0 Å². The van der Waals surface area contributed by atoms with E-state index in [1.807, 2.05) is 0 Å². The molecule has 0 spiro atoms. The Morgan fingerprint density at radius 1 is 1.58 bits per heavy atom. The Labute approximate surface area is 120 Å². The maximum Gasteiger partial charge on any atom is 0.294 e. The van der Waals surface area contributed by atoms with Crippen molar-refractivity contribution in [1.29, 1.82) is 0 Å². The number of carbonyl (C=O) groups is 1. The molecule has 2 rings (SSSR count). The van der Waals surface area contributed by atoms with E-state index in [-0.39, 0.29) is 27.1 Å². The maximum absolute atomic E-state index is 12.1. The molecule has 1 aliphatic rings. The van der Waals surface area contributed by atoms with E-state index < -0.39 is 10.0 Å². The van der Waals surface area contributed by atoms with Gasteiger partial charge in [0.1, 0.15) is 4.21 Å². The summed E-state index contributed by atoms with van der Waals surface area (Å²) < 4.78 is 28.1. The monoisotopic (exact) mass is 316 g/mol. The third-order valence-electron chi connectivity index (χ3n) is 2.39. The first-order valence-corrected chi connectivity index (χ1v) is 8.63. The lowest BCUT2D eigenvalue weighted by molar-refractivity contribution is -0.125. The SMILES string of the molecule is C=CCN1C(=O)[C@H](C)SC1=NS(=O)(=O)c1cccs1. The third-order valence-corrected chi connectivity index (χ3v) is 6.22. The lowest BCUT2D eigenvalue weighted by Crippen LogP contribution is -2.31. The minimum atomic E-state index is -3.74. The number of hydrogen-bond donors (Lipinski definition) is 0. The van der Waals surface area contributed by atoms with Gasteiger partial charge in [-0.25, -0.2) is 0 Å². The molecule has 1 amide bonds. The number of amidine groups is 1. The number of amides is 1. The fourth-order valence-electron chi connectivity index (χ4n) is 1.51. The second-order valence-electron chi connectivity index (χ2n) is 3.78. The van der Waals surface area contributed by atoms with E-state index in [0.717, 1.165) is 23.1 Å². The van der Waals surface area contributed by atoms with Crippen LogP contribution in [0.1, 0.15) is 6.92 Å². The number of nitrogens with zero attached hydrogens (tertiary/aromatic N) is 2. The van der Waals surface area contributed by atoms with Crippen molar-refractivity contribution in [1.82, 2.24) is 4.90 Å². The summed E-state index contributed by atoms with van der Waals surface area (Å²) in [5.41, 5.74) is 0. The molecule has 5 nitrogen and oxygen atoms in total. The van der Waals surface area contributed by atoms with Crippen LogP contribution in [0.15, 0.2) is 38.8 Å². The topological polar surface area (TPSA) is 66.8 Å². The molecule has 19 heavy (non-hydrogen) atoms. The lowest BCUT2D eigenvalue weighted by Gasteiger charge is -2.12. The van der Waals surface area contributed by atoms with Crippen LogP contribution in [-0.4, -0.2) is 36.2 Å². The molecule has 0 N–H and O–H groups in total. The quantitative estimate of drug-likeness (QED) is 0.796. The van der Waals surface area contributed by atoms with Crippen molar-refractivity contribution in [3.8, 4) is 0 Å². The van der Waals surface area contributed by atoms with E-state index in [4.69, 9.17) is 0 Å². The van der Waals surface area contributed by atoms with Gasteiger partial charge in [0, 0.05) is 6.54 Å². The van der Waals surface area contributed by atoms with Gasteiger partial charge in [0.15, 0.2) is 5.17 Å². The van der Waals surface area contributed by atoms with Crippen LogP contribution in [0.3, 0.4) is 0 Å². The van der Waals surface area contributed by atoms with Gasteiger partial charge in [-0.1, -0.05) is 23.9 Å². The van der Waals surface area contributed by atoms with Crippen molar-refractivity contribution in [3.05, 3.63) is 30.2 Å². The molecule has 1 atom stereocenters. The van der Waals surface area contributed by atoms with Gasteiger partial charge >= 0.3 is 0 Å². The van der Waals surface area contributed by atoms with Gasteiger partial charge < -0.3 is 0 Å². The highest BCUT2D eigenvalue weighted by atomic mass is 32.2. The van der Waals surface area contributed by atoms with E-state index in [9.17, 15) is 13.2 Å². The Morgan fingerprint density at radius 2 is 2.32 bits per heavy atom. The summed E-state index contributed by atoms with van der Waals surface area (Å²) in [6.07, 6.45) is 1.55. The zero-order chi connectivity index (χ0) is 14.0. The van der Waals surface area contributed by atoms with E-state index in [2.05, 4.69) is 11.0 Å². The summed E-state index contributed by atoms with van der Waals surface area (Å²) in [6.45, 7) is 5.54. The zero-order valence-electron chi connectivity index (χ0n) is 10.1. The summed E-state index contributed by atoms with van der Waals surface area (Å²) in [4.78, 5) is 13.2. The average Bonchev–Trinajstić information content (AvgIpc) is 2.95. The van der Waals surface area contributed by atoms with Crippen LogP contribution in [-0.2, 0) is 14.8 Å². The Morgan fingerprint density at radius 3 is 2.89 bits per heavy atom. The Kier molecular flexibility index (Phi) is 4.12. The number of carbonyl (C=O) groups excluding carboxylic acids is 1. The molecular weight excluding hydrogens is 304 g/mol. The highest BCUT2D eigenvalue weighted by Gasteiger charge is 2.35. The molecule has 1 fully saturated rings. The molecule has 102 valence electrons. The molecule has 1 saturated heterocycles. The Balaban J connectivity index is 2.37. The molecule has 0 radical (unpaired) electrons. The fraction of sp³-hybridized carbons (Fsp3) is 0.273. The van der Waals surface area contributed by atoms with Crippen LogP contribution in [0.5, 0.6) is 0 Å². The molecule has 0 aliphatic carbocycles. The van der Waals surface area contributed by atoms with Crippen molar-refractivity contribution in [2.24, 2.45) is 4.40 Å². The molecule has 0 saturated carbocycles. The van der Waals surface area contributed by atoms with Gasteiger partial charge in [-0.3, -0.25) is 9.69 Å². The second kappa shape index (κ2) is 5.48. The van der Waals surface area contributed by atoms with Crippen molar-refractivity contribution in [2.45, 2.75) is 16.4 Å². The van der Waals surface area contributed by atoms with E-state index in [1.54, 1.807) is 24.4 Å². The summed E-state index contributed by atoms with van der Waals surface area (Å²) in [6, 6.07) is 3.14. The zero-order valence-corrected chi connectivity index (χ0v) is 12.6. The van der Waals surface area contributed by atoms with Crippen LogP contribution >= 0.6 is 23.1 Å². The van der Waals surface area contributed by atoms with Crippen molar-refractivity contribution >= 4 is 44.2 Å². The summed E-state index contributed by atoms with van der Waals surface area (Å²) in [5, 5.41) is 1.56. The van der Waals surface area contributed by atoms with Gasteiger partial charge in [-0.15, -0.1) is 22.3 Å². The standard InChI is InChI=1S/C11H12N2O3S3/c1-3-6-13-10(14)8(2)18-11(13)12-19(15,16)9-5-4-7-17-9/h3-5,7-8H,1,6H2,2H3/t8-/m0/s1. The average molecular weight is 316 g/mol. The summed E-state index contributed by atoms with van der Waals surface area (Å²) in [5.74, 6) is -0.148. The first-order chi connectivity index (χ1) is 8.95. The minimum absolute atomic E-state index is 0.148. The minimum Gasteiger partial charge on any atom is -0.286 e. The van der Waals surface area contributed by atoms with E-state index >= 15 is 0 Å². The largest absolute Gasteiger partial charge is 0.294 e. The van der Waals surface area contributed by atoms with Crippen molar-refractivity contribution < 1.29 is 13.2 Å². The third kappa shape index (κ3) is 2.90. The number of sulfonamides is 1. The smallest absolute Gasteiger partial charge is 0.286 e. The molecule has 1 aromatic heterocycles. The molecule has 0 bridgehead atoms. The summed E-state index contributed by atoms with van der Waals surface area (Å²) >= 11 is 2.25. The highest BCUT2D eigenvalue weighted by molar-refractivity contribution is 8.16. The highest BCUT2D eigenvalue weighted by Crippen LogP contribution is 2.29. The predicted molar refractivity (Wildman–Crippen MR) is 77.9 cm³/mol. The number of thiophene rings is 1. The Hall–Kier alpha value is -1.12.